The van der Waals surface area contributed by atoms with Gasteiger partial charge in [0.05, 0.1) is 11.5 Å². The van der Waals surface area contributed by atoms with Gasteiger partial charge in [-0.2, -0.15) is 5.26 Å². The molecule has 0 amide bonds. The highest BCUT2D eigenvalue weighted by atomic mass is 35.5. The Morgan fingerprint density at radius 1 is 1.67 bits per heavy atom. The summed E-state index contributed by atoms with van der Waals surface area (Å²) in [6.45, 7) is 2.00. The molecular weight excluding hydrogens is 210 g/mol. The van der Waals surface area contributed by atoms with Gasteiger partial charge in [0.25, 0.3) is 0 Å². The largest absolute Gasteiger partial charge is 0.396 e. The van der Waals surface area contributed by atoms with E-state index >= 15 is 0 Å². The zero-order valence-electron chi connectivity index (χ0n) is 8.50. The van der Waals surface area contributed by atoms with Gasteiger partial charge in [-0.15, -0.1) is 0 Å². The van der Waals surface area contributed by atoms with Crippen LogP contribution in [0.25, 0.3) is 0 Å². The summed E-state index contributed by atoms with van der Waals surface area (Å²) in [5.41, 5.74) is 1.49. The van der Waals surface area contributed by atoms with E-state index in [9.17, 15) is 5.26 Å². The van der Waals surface area contributed by atoms with Gasteiger partial charge < -0.3 is 5.11 Å². The second kappa shape index (κ2) is 3.52. The summed E-state index contributed by atoms with van der Waals surface area (Å²) in [4.78, 5) is 0. The molecule has 0 unspecified atom stereocenters. The van der Waals surface area contributed by atoms with E-state index in [4.69, 9.17) is 16.7 Å². The van der Waals surface area contributed by atoms with E-state index in [0.717, 1.165) is 17.5 Å². The fourth-order valence-electron chi connectivity index (χ4n) is 2.03. The van der Waals surface area contributed by atoms with Gasteiger partial charge in [-0.25, -0.2) is 0 Å². The number of benzene rings is 1. The number of hydrogen-bond donors (Lipinski definition) is 1. The van der Waals surface area contributed by atoms with Crippen LogP contribution >= 0.6 is 11.6 Å². The molecule has 1 aliphatic carbocycles. The van der Waals surface area contributed by atoms with Crippen molar-refractivity contribution in [2.24, 2.45) is 5.92 Å². The topological polar surface area (TPSA) is 44.0 Å². The Hall–Kier alpha value is -1.04. The van der Waals surface area contributed by atoms with E-state index in [0.29, 0.717) is 5.02 Å². The zero-order valence-corrected chi connectivity index (χ0v) is 9.25. The number of rotatable bonds is 2. The van der Waals surface area contributed by atoms with Crippen LogP contribution in [0.15, 0.2) is 18.2 Å². The first kappa shape index (κ1) is 10.5. The minimum Gasteiger partial charge on any atom is -0.396 e. The molecule has 1 N–H and O–H groups in total. The molecule has 1 fully saturated rings. The summed E-state index contributed by atoms with van der Waals surface area (Å²) >= 11 is 5.93. The smallest absolute Gasteiger partial charge is 0.0877 e. The molecule has 1 aromatic carbocycles. The van der Waals surface area contributed by atoms with E-state index in [-0.39, 0.29) is 12.5 Å². The van der Waals surface area contributed by atoms with Gasteiger partial charge in [0.2, 0.25) is 0 Å². The fraction of sp³-hybridized carbons (Fsp3) is 0.417. The summed E-state index contributed by atoms with van der Waals surface area (Å²) in [5, 5.41) is 19.0. The SMILES string of the molecule is Cc1cc([C@]2(C#N)C[C@@H]2CO)ccc1Cl. The zero-order chi connectivity index (χ0) is 11.1. The number of hydrogen-bond acceptors (Lipinski definition) is 2. The highest BCUT2D eigenvalue weighted by Crippen LogP contribution is 2.53. The molecule has 1 aromatic rings. The molecule has 1 saturated carbocycles. The molecule has 0 spiro atoms. The molecule has 78 valence electrons. The summed E-state index contributed by atoms with van der Waals surface area (Å²) in [6, 6.07) is 7.96. The average molecular weight is 222 g/mol. The summed E-state index contributed by atoms with van der Waals surface area (Å²) in [7, 11) is 0. The van der Waals surface area contributed by atoms with Gasteiger partial charge in [-0.3, -0.25) is 0 Å². The maximum Gasteiger partial charge on any atom is 0.0877 e. The third kappa shape index (κ3) is 1.52. The van der Waals surface area contributed by atoms with Crippen LogP contribution < -0.4 is 0 Å². The Bertz CT molecular complexity index is 438. The van der Waals surface area contributed by atoms with E-state index in [1.807, 2.05) is 25.1 Å². The van der Waals surface area contributed by atoms with Gasteiger partial charge in [0.1, 0.15) is 0 Å². The molecule has 0 aromatic heterocycles. The van der Waals surface area contributed by atoms with Crippen LogP contribution in [0, 0.1) is 24.2 Å². The second-order valence-electron chi connectivity index (χ2n) is 4.13. The van der Waals surface area contributed by atoms with Crippen LogP contribution in [0.2, 0.25) is 5.02 Å². The molecule has 2 nitrogen and oxygen atoms in total. The molecule has 2 rings (SSSR count). The lowest BCUT2D eigenvalue weighted by Crippen LogP contribution is -2.09. The van der Waals surface area contributed by atoms with Gasteiger partial charge >= 0.3 is 0 Å². The van der Waals surface area contributed by atoms with Crippen molar-refractivity contribution in [1.29, 1.82) is 5.26 Å². The highest BCUT2D eigenvalue weighted by Gasteiger charge is 2.55. The average Bonchev–Trinajstić information content (AvgIpc) is 2.97. The molecule has 0 heterocycles. The number of halogens is 1. The monoisotopic (exact) mass is 221 g/mol. The van der Waals surface area contributed by atoms with Crippen LogP contribution in [0.1, 0.15) is 17.5 Å². The van der Waals surface area contributed by atoms with E-state index < -0.39 is 5.41 Å². The van der Waals surface area contributed by atoms with Crippen molar-refractivity contribution in [2.75, 3.05) is 6.61 Å². The number of aliphatic hydroxyl groups excluding tert-OH is 1. The minimum absolute atomic E-state index is 0.0786. The van der Waals surface area contributed by atoms with Gasteiger partial charge in [-0.1, -0.05) is 23.7 Å². The van der Waals surface area contributed by atoms with Gasteiger partial charge in [0, 0.05) is 17.5 Å². The van der Waals surface area contributed by atoms with Crippen LogP contribution in [0.3, 0.4) is 0 Å². The van der Waals surface area contributed by atoms with E-state index in [2.05, 4.69) is 6.07 Å². The van der Waals surface area contributed by atoms with E-state index in [1.165, 1.54) is 0 Å². The van der Waals surface area contributed by atoms with Crippen molar-refractivity contribution in [1.82, 2.24) is 0 Å². The van der Waals surface area contributed by atoms with E-state index in [1.54, 1.807) is 0 Å². The maximum atomic E-state index is 9.18. The first-order valence-corrected chi connectivity index (χ1v) is 5.30. The number of aryl methyl sites for hydroxylation is 1. The van der Waals surface area contributed by atoms with Gasteiger partial charge in [0.15, 0.2) is 0 Å². The third-order valence-corrected chi connectivity index (χ3v) is 3.62. The standard InChI is InChI=1S/C12H12ClNO/c1-8-4-9(2-3-11(8)13)12(7-14)5-10(12)6-15/h2-4,10,15H,5-6H2,1H3/t10-,12-/m1/s1. The van der Waals surface area contributed by atoms with Crippen molar-refractivity contribution in [3.8, 4) is 6.07 Å². The van der Waals surface area contributed by atoms with Crippen LogP contribution in [-0.4, -0.2) is 11.7 Å². The lowest BCUT2D eigenvalue weighted by Gasteiger charge is -2.09. The molecular formula is C12H12ClNO. The fourth-order valence-corrected chi connectivity index (χ4v) is 2.14. The lowest BCUT2D eigenvalue weighted by molar-refractivity contribution is 0.269. The Morgan fingerprint density at radius 2 is 2.40 bits per heavy atom. The summed E-state index contributed by atoms with van der Waals surface area (Å²) in [6.07, 6.45) is 0.751. The Balaban J connectivity index is 2.39. The number of nitrogens with zero attached hydrogens (tertiary/aromatic N) is 1. The Labute approximate surface area is 94.1 Å². The van der Waals surface area contributed by atoms with Crippen LogP contribution in [-0.2, 0) is 5.41 Å². The predicted molar refractivity (Wildman–Crippen MR) is 58.7 cm³/mol. The van der Waals surface area contributed by atoms with Crippen LogP contribution in [0.5, 0.6) is 0 Å². The first-order chi connectivity index (χ1) is 7.14. The van der Waals surface area contributed by atoms with Crippen molar-refractivity contribution in [2.45, 2.75) is 18.8 Å². The Kier molecular flexibility index (Phi) is 2.46. The van der Waals surface area contributed by atoms with Crippen molar-refractivity contribution >= 4 is 11.6 Å². The van der Waals surface area contributed by atoms with Gasteiger partial charge in [-0.05, 0) is 30.5 Å². The second-order valence-corrected chi connectivity index (χ2v) is 4.54. The molecule has 1 aliphatic rings. The highest BCUT2D eigenvalue weighted by molar-refractivity contribution is 6.31. The Morgan fingerprint density at radius 3 is 2.87 bits per heavy atom. The minimum atomic E-state index is -0.468. The normalized spacial score (nSPS) is 28.5. The quantitative estimate of drug-likeness (QED) is 0.834. The van der Waals surface area contributed by atoms with Crippen molar-refractivity contribution in [3.63, 3.8) is 0 Å². The lowest BCUT2D eigenvalue weighted by atomic mass is 9.94. The molecule has 3 heteroatoms. The van der Waals surface area contributed by atoms with Crippen molar-refractivity contribution < 1.29 is 5.11 Å². The predicted octanol–water partition coefficient (Wildman–Crippen LogP) is 2.42. The number of nitriles is 1. The summed E-state index contributed by atoms with van der Waals surface area (Å²) < 4.78 is 0. The summed E-state index contributed by atoms with van der Waals surface area (Å²) in [5.74, 6) is 0.0862. The molecule has 0 saturated heterocycles. The van der Waals surface area contributed by atoms with Crippen molar-refractivity contribution in [3.05, 3.63) is 34.3 Å². The third-order valence-electron chi connectivity index (χ3n) is 3.20. The van der Waals surface area contributed by atoms with Crippen LogP contribution in [0.4, 0.5) is 0 Å². The first-order valence-electron chi connectivity index (χ1n) is 4.93. The molecule has 2 atom stereocenters. The molecule has 0 radical (unpaired) electrons. The molecule has 0 aliphatic heterocycles. The number of aliphatic hydroxyl groups is 1. The molecule has 0 bridgehead atoms. The maximum absolute atomic E-state index is 9.18. The molecule has 15 heavy (non-hydrogen) atoms.